The van der Waals surface area contributed by atoms with Crippen LogP contribution < -0.4 is 5.56 Å². The third kappa shape index (κ3) is 4.02. The first-order chi connectivity index (χ1) is 14.4. The van der Waals surface area contributed by atoms with Gasteiger partial charge in [-0.2, -0.15) is 0 Å². The number of rotatable bonds is 5. The van der Waals surface area contributed by atoms with E-state index in [0.29, 0.717) is 29.6 Å². The number of amides is 1. The van der Waals surface area contributed by atoms with Gasteiger partial charge in [0, 0.05) is 42.1 Å². The molecular weight excluding hydrogens is 379 g/mol. The van der Waals surface area contributed by atoms with Crippen molar-refractivity contribution in [3.63, 3.8) is 0 Å². The highest BCUT2D eigenvalue weighted by Crippen LogP contribution is 2.28. The Labute approximate surface area is 175 Å². The van der Waals surface area contributed by atoms with E-state index in [1.165, 1.54) is 6.07 Å². The molecule has 1 aromatic heterocycles. The van der Waals surface area contributed by atoms with E-state index < -0.39 is 0 Å². The van der Waals surface area contributed by atoms with Gasteiger partial charge in [0.15, 0.2) is 0 Å². The Balaban J connectivity index is 1.65. The summed E-state index contributed by atoms with van der Waals surface area (Å²) in [5.74, 6) is 0.0952. The lowest BCUT2D eigenvalue weighted by Gasteiger charge is -2.32. The highest BCUT2D eigenvalue weighted by Gasteiger charge is 2.26. The smallest absolute Gasteiger partial charge is 0.251 e. The molecule has 2 heterocycles. The molecule has 1 aliphatic heterocycles. The number of halogens is 1. The van der Waals surface area contributed by atoms with Gasteiger partial charge in [0.25, 0.3) is 5.56 Å². The van der Waals surface area contributed by atoms with E-state index in [2.05, 4.69) is 18.8 Å². The third-order valence-corrected chi connectivity index (χ3v) is 6.12. The molecule has 0 spiro atoms. The number of pyridine rings is 1. The summed E-state index contributed by atoms with van der Waals surface area (Å²) in [5, 5.41) is 1.35. The van der Waals surface area contributed by atoms with Crippen LogP contribution >= 0.6 is 0 Å². The van der Waals surface area contributed by atoms with E-state index in [-0.39, 0.29) is 29.1 Å². The van der Waals surface area contributed by atoms with Crippen LogP contribution in [0.2, 0.25) is 0 Å². The molecule has 0 saturated carbocycles. The van der Waals surface area contributed by atoms with Crippen molar-refractivity contribution in [3.8, 4) is 11.3 Å². The Morgan fingerprint density at radius 2 is 1.90 bits per heavy atom. The van der Waals surface area contributed by atoms with Crippen LogP contribution in [-0.4, -0.2) is 28.9 Å². The first-order valence-electron chi connectivity index (χ1n) is 10.6. The number of fused-ring (bicyclic) bond motifs is 1. The number of nitrogens with zero attached hydrogens (tertiary/aromatic N) is 1. The second-order valence-corrected chi connectivity index (χ2v) is 8.48. The molecule has 1 fully saturated rings. The molecule has 0 aliphatic carbocycles. The Morgan fingerprint density at radius 1 is 1.07 bits per heavy atom. The SMILES string of the molecule is CC(C)C(CN1CCCCC1=O)c1ccc(-c2ccc3cccc(F)c3c2)[nH]c1=O. The fourth-order valence-electron chi connectivity index (χ4n) is 4.31. The van der Waals surface area contributed by atoms with Gasteiger partial charge in [0.1, 0.15) is 5.82 Å². The molecule has 4 nitrogen and oxygen atoms in total. The minimum absolute atomic E-state index is 0.0288. The number of carbonyl (C=O) groups is 1. The summed E-state index contributed by atoms with van der Waals surface area (Å²) >= 11 is 0. The number of hydrogen-bond donors (Lipinski definition) is 1. The Morgan fingerprint density at radius 3 is 2.63 bits per heavy atom. The largest absolute Gasteiger partial charge is 0.342 e. The van der Waals surface area contributed by atoms with Crippen LogP contribution in [0.5, 0.6) is 0 Å². The summed E-state index contributed by atoms with van der Waals surface area (Å²) in [6.45, 7) is 5.50. The molecule has 4 rings (SSSR count). The summed E-state index contributed by atoms with van der Waals surface area (Å²) in [7, 11) is 0. The van der Waals surface area contributed by atoms with Gasteiger partial charge in [-0.05, 0) is 47.9 Å². The monoisotopic (exact) mass is 406 g/mol. The number of hydrogen-bond acceptors (Lipinski definition) is 2. The molecule has 1 aliphatic rings. The minimum Gasteiger partial charge on any atom is -0.342 e. The number of benzene rings is 2. The maximum atomic E-state index is 14.2. The van der Waals surface area contributed by atoms with Gasteiger partial charge in [0.2, 0.25) is 5.91 Å². The lowest BCUT2D eigenvalue weighted by Crippen LogP contribution is -2.40. The molecule has 1 atom stereocenters. The van der Waals surface area contributed by atoms with Crippen molar-refractivity contribution in [2.24, 2.45) is 5.92 Å². The molecular formula is C25H27FN2O2. The predicted molar refractivity (Wildman–Crippen MR) is 118 cm³/mol. The van der Waals surface area contributed by atoms with E-state index in [0.717, 1.165) is 30.3 Å². The van der Waals surface area contributed by atoms with E-state index in [9.17, 15) is 14.0 Å². The minimum atomic E-state index is -0.278. The lowest BCUT2D eigenvalue weighted by atomic mass is 9.87. The Bertz CT molecular complexity index is 1140. The average molecular weight is 407 g/mol. The molecule has 3 aromatic rings. The summed E-state index contributed by atoms with van der Waals surface area (Å²) in [5.41, 5.74) is 1.97. The van der Waals surface area contributed by atoms with E-state index in [1.54, 1.807) is 12.1 Å². The number of piperidine rings is 1. The first kappa shape index (κ1) is 20.3. The zero-order valence-electron chi connectivity index (χ0n) is 17.5. The molecule has 2 aromatic carbocycles. The number of aromatic nitrogens is 1. The van der Waals surface area contributed by atoms with E-state index in [4.69, 9.17) is 0 Å². The number of carbonyl (C=O) groups excluding carboxylic acids is 1. The Kier molecular flexibility index (Phi) is 5.71. The predicted octanol–water partition coefficient (Wildman–Crippen LogP) is 5.09. The number of nitrogens with one attached hydrogen (secondary N) is 1. The molecule has 1 N–H and O–H groups in total. The number of H-pyrrole nitrogens is 1. The molecule has 0 radical (unpaired) electrons. The van der Waals surface area contributed by atoms with Gasteiger partial charge in [0.05, 0.1) is 0 Å². The highest BCUT2D eigenvalue weighted by molar-refractivity contribution is 5.87. The van der Waals surface area contributed by atoms with Crippen LogP contribution in [0.4, 0.5) is 4.39 Å². The zero-order chi connectivity index (χ0) is 21.3. The quantitative estimate of drug-likeness (QED) is 0.642. The summed E-state index contributed by atoms with van der Waals surface area (Å²) < 4.78 is 14.2. The van der Waals surface area contributed by atoms with Crippen molar-refractivity contribution in [1.29, 1.82) is 0 Å². The van der Waals surface area contributed by atoms with Crippen LogP contribution in [-0.2, 0) is 4.79 Å². The summed E-state index contributed by atoms with van der Waals surface area (Å²) in [6, 6.07) is 14.2. The second kappa shape index (κ2) is 8.42. The van der Waals surface area contributed by atoms with Gasteiger partial charge in [-0.3, -0.25) is 9.59 Å². The zero-order valence-corrected chi connectivity index (χ0v) is 17.5. The fourth-order valence-corrected chi connectivity index (χ4v) is 4.31. The summed E-state index contributed by atoms with van der Waals surface area (Å²) in [4.78, 5) is 30.1. The van der Waals surface area contributed by atoms with Gasteiger partial charge in [-0.15, -0.1) is 0 Å². The fraction of sp³-hybridized carbons (Fsp3) is 0.360. The topological polar surface area (TPSA) is 53.2 Å². The van der Waals surface area contributed by atoms with Crippen LogP contribution in [0.15, 0.2) is 53.3 Å². The van der Waals surface area contributed by atoms with Crippen molar-refractivity contribution in [3.05, 3.63) is 70.3 Å². The molecule has 5 heteroatoms. The van der Waals surface area contributed by atoms with Crippen LogP contribution in [0.1, 0.15) is 44.6 Å². The molecule has 156 valence electrons. The van der Waals surface area contributed by atoms with Crippen molar-refractivity contribution in [2.45, 2.75) is 39.0 Å². The lowest BCUT2D eigenvalue weighted by molar-refractivity contribution is -0.133. The van der Waals surface area contributed by atoms with Crippen molar-refractivity contribution < 1.29 is 9.18 Å². The maximum Gasteiger partial charge on any atom is 0.251 e. The van der Waals surface area contributed by atoms with E-state index >= 15 is 0 Å². The first-order valence-corrected chi connectivity index (χ1v) is 10.6. The third-order valence-electron chi connectivity index (χ3n) is 6.12. The van der Waals surface area contributed by atoms with Crippen LogP contribution in [0.25, 0.3) is 22.0 Å². The molecule has 0 bridgehead atoms. The molecule has 1 saturated heterocycles. The van der Waals surface area contributed by atoms with Gasteiger partial charge in [-0.1, -0.05) is 44.2 Å². The number of aromatic amines is 1. The Hall–Kier alpha value is -2.95. The molecule has 1 amide bonds. The highest BCUT2D eigenvalue weighted by atomic mass is 19.1. The van der Waals surface area contributed by atoms with Crippen molar-refractivity contribution >= 4 is 16.7 Å². The molecule has 1 unspecified atom stereocenters. The van der Waals surface area contributed by atoms with Gasteiger partial charge < -0.3 is 9.88 Å². The average Bonchev–Trinajstić information content (AvgIpc) is 2.73. The van der Waals surface area contributed by atoms with Crippen molar-refractivity contribution in [2.75, 3.05) is 13.1 Å². The number of likely N-dealkylation sites (tertiary alicyclic amines) is 1. The maximum absolute atomic E-state index is 14.2. The molecule has 30 heavy (non-hydrogen) atoms. The van der Waals surface area contributed by atoms with Crippen LogP contribution in [0.3, 0.4) is 0 Å². The van der Waals surface area contributed by atoms with E-state index in [1.807, 2.05) is 35.2 Å². The van der Waals surface area contributed by atoms with Gasteiger partial charge in [-0.25, -0.2) is 4.39 Å². The van der Waals surface area contributed by atoms with Gasteiger partial charge >= 0.3 is 0 Å². The normalized spacial score (nSPS) is 15.7. The summed E-state index contributed by atoms with van der Waals surface area (Å²) in [6.07, 6.45) is 2.56. The second-order valence-electron chi connectivity index (χ2n) is 8.48. The van der Waals surface area contributed by atoms with Crippen molar-refractivity contribution in [1.82, 2.24) is 9.88 Å². The van der Waals surface area contributed by atoms with Crippen LogP contribution in [0, 0.1) is 11.7 Å². The standard InChI is InChI=1S/C25H27FN2O2/c1-16(2)21(15-28-13-4-3-8-24(28)29)19-11-12-23(27-25(19)30)18-10-9-17-6-5-7-22(26)20(17)14-18/h5-7,9-12,14,16,21H,3-4,8,13,15H2,1-2H3,(H,27,30).